The van der Waals surface area contributed by atoms with Crippen molar-refractivity contribution < 1.29 is 8.42 Å². The first-order chi connectivity index (χ1) is 8.83. The van der Waals surface area contributed by atoms with Gasteiger partial charge in [-0.05, 0) is 52.0 Å². The van der Waals surface area contributed by atoms with Crippen LogP contribution < -0.4 is 5.32 Å². The van der Waals surface area contributed by atoms with Crippen LogP contribution in [0.25, 0.3) is 0 Å². The third-order valence-corrected chi connectivity index (χ3v) is 5.54. The Hall–Kier alpha value is -0.130. The Morgan fingerprint density at radius 3 is 2.26 bits per heavy atom. The maximum atomic E-state index is 12.3. The highest BCUT2D eigenvalue weighted by Gasteiger charge is 2.31. The SMILES string of the molecule is CC(C)NCCCCS(=O)(=O)N(CC1CC1)C(C)C. The molecule has 1 aliphatic rings. The van der Waals surface area contributed by atoms with E-state index in [1.54, 1.807) is 4.31 Å². The van der Waals surface area contributed by atoms with E-state index in [1.807, 2.05) is 13.8 Å². The molecule has 0 unspecified atom stereocenters. The van der Waals surface area contributed by atoms with Crippen LogP contribution in [-0.4, -0.2) is 43.6 Å². The summed E-state index contributed by atoms with van der Waals surface area (Å²) in [5.41, 5.74) is 0. The highest BCUT2D eigenvalue weighted by atomic mass is 32.2. The first-order valence-corrected chi connectivity index (χ1v) is 9.16. The van der Waals surface area contributed by atoms with Crippen LogP contribution in [0.1, 0.15) is 53.4 Å². The van der Waals surface area contributed by atoms with E-state index in [-0.39, 0.29) is 11.8 Å². The van der Waals surface area contributed by atoms with Gasteiger partial charge in [0.1, 0.15) is 0 Å². The molecule has 0 saturated heterocycles. The minimum absolute atomic E-state index is 0.0828. The van der Waals surface area contributed by atoms with Crippen LogP contribution in [-0.2, 0) is 10.0 Å². The topological polar surface area (TPSA) is 49.4 Å². The molecule has 0 aromatic heterocycles. The minimum atomic E-state index is -3.07. The molecule has 0 bridgehead atoms. The van der Waals surface area contributed by atoms with Crippen LogP contribution in [0.2, 0.25) is 0 Å². The van der Waals surface area contributed by atoms with E-state index in [0.29, 0.717) is 12.0 Å². The number of hydrogen-bond donors (Lipinski definition) is 1. The standard InChI is InChI=1S/C14H30N2O2S/c1-12(2)15-9-5-6-10-19(17,18)16(13(3)4)11-14-7-8-14/h12-15H,5-11H2,1-4H3. The second-order valence-corrected chi connectivity index (χ2v) is 8.28. The number of nitrogens with zero attached hydrogens (tertiary/aromatic N) is 1. The van der Waals surface area contributed by atoms with Gasteiger partial charge in [0.15, 0.2) is 0 Å². The first kappa shape index (κ1) is 16.9. The zero-order valence-corrected chi connectivity index (χ0v) is 13.7. The van der Waals surface area contributed by atoms with Gasteiger partial charge in [0.2, 0.25) is 10.0 Å². The zero-order valence-electron chi connectivity index (χ0n) is 12.9. The Bertz CT molecular complexity index is 348. The van der Waals surface area contributed by atoms with Crippen molar-refractivity contribution in [2.45, 2.75) is 65.5 Å². The summed E-state index contributed by atoms with van der Waals surface area (Å²) >= 11 is 0. The lowest BCUT2D eigenvalue weighted by molar-refractivity contribution is 0.341. The van der Waals surface area contributed by atoms with Crippen molar-refractivity contribution in [3.05, 3.63) is 0 Å². The largest absolute Gasteiger partial charge is 0.315 e. The van der Waals surface area contributed by atoms with Crippen LogP contribution in [0.3, 0.4) is 0 Å². The van der Waals surface area contributed by atoms with E-state index in [4.69, 9.17) is 0 Å². The van der Waals surface area contributed by atoms with E-state index >= 15 is 0 Å². The van der Waals surface area contributed by atoms with Gasteiger partial charge in [-0.25, -0.2) is 8.42 Å². The summed E-state index contributed by atoms with van der Waals surface area (Å²) in [5, 5.41) is 3.32. The summed E-state index contributed by atoms with van der Waals surface area (Å²) in [6.07, 6.45) is 4.05. The van der Waals surface area contributed by atoms with Gasteiger partial charge in [0, 0.05) is 18.6 Å². The molecule has 1 N–H and O–H groups in total. The van der Waals surface area contributed by atoms with E-state index in [1.165, 1.54) is 12.8 Å². The monoisotopic (exact) mass is 290 g/mol. The maximum absolute atomic E-state index is 12.3. The van der Waals surface area contributed by atoms with Crippen LogP contribution in [0.5, 0.6) is 0 Å². The molecule has 1 saturated carbocycles. The fourth-order valence-electron chi connectivity index (χ4n) is 2.12. The second-order valence-electron chi connectivity index (χ2n) is 6.24. The van der Waals surface area contributed by atoms with Gasteiger partial charge in [0.25, 0.3) is 0 Å². The lowest BCUT2D eigenvalue weighted by Gasteiger charge is -2.26. The van der Waals surface area contributed by atoms with Crippen LogP contribution in [0.15, 0.2) is 0 Å². The lowest BCUT2D eigenvalue weighted by atomic mass is 10.3. The Morgan fingerprint density at radius 1 is 1.16 bits per heavy atom. The summed E-state index contributed by atoms with van der Waals surface area (Å²) in [6.45, 7) is 9.78. The van der Waals surface area contributed by atoms with E-state index in [2.05, 4.69) is 19.2 Å². The summed E-state index contributed by atoms with van der Waals surface area (Å²) in [6, 6.07) is 0.554. The molecule has 0 aromatic carbocycles. The zero-order chi connectivity index (χ0) is 14.5. The van der Waals surface area contributed by atoms with E-state index in [0.717, 1.165) is 25.9 Å². The molecule has 0 aliphatic heterocycles. The molecule has 4 nitrogen and oxygen atoms in total. The third kappa shape index (κ3) is 6.72. The third-order valence-electron chi connectivity index (χ3n) is 3.45. The minimum Gasteiger partial charge on any atom is -0.315 e. The molecule has 114 valence electrons. The van der Waals surface area contributed by atoms with Gasteiger partial charge in [0.05, 0.1) is 5.75 Å². The first-order valence-electron chi connectivity index (χ1n) is 7.56. The van der Waals surface area contributed by atoms with Crippen LogP contribution in [0, 0.1) is 5.92 Å². The van der Waals surface area contributed by atoms with Gasteiger partial charge >= 0.3 is 0 Å². The quantitative estimate of drug-likeness (QED) is 0.628. The summed E-state index contributed by atoms with van der Waals surface area (Å²) in [4.78, 5) is 0. The molecule has 0 heterocycles. The molecule has 1 aliphatic carbocycles. The van der Waals surface area contributed by atoms with Crippen molar-refractivity contribution in [2.24, 2.45) is 5.92 Å². The van der Waals surface area contributed by atoms with Crippen molar-refractivity contribution in [3.63, 3.8) is 0 Å². The number of unbranched alkanes of at least 4 members (excludes halogenated alkanes) is 1. The van der Waals surface area contributed by atoms with Crippen molar-refractivity contribution in [1.82, 2.24) is 9.62 Å². The van der Waals surface area contributed by atoms with Gasteiger partial charge in [-0.15, -0.1) is 0 Å². The van der Waals surface area contributed by atoms with E-state index < -0.39 is 10.0 Å². The molecule has 0 radical (unpaired) electrons. The molecular weight excluding hydrogens is 260 g/mol. The summed E-state index contributed by atoms with van der Waals surface area (Å²) in [5.74, 6) is 0.900. The molecule has 0 aromatic rings. The smallest absolute Gasteiger partial charge is 0.214 e. The average molecular weight is 290 g/mol. The molecule has 0 amide bonds. The molecule has 5 heteroatoms. The van der Waals surface area contributed by atoms with Gasteiger partial charge in [-0.2, -0.15) is 4.31 Å². The fraction of sp³-hybridized carbons (Fsp3) is 1.00. The molecule has 1 rings (SSSR count). The Morgan fingerprint density at radius 2 is 1.79 bits per heavy atom. The molecular formula is C14H30N2O2S. The fourth-order valence-corrected chi connectivity index (χ4v) is 4.00. The Balaban J connectivity index is 2.34. The van der Waals surface area contributed by atoms with Crippen molar-refractivity contribution in [3.8, 4) is 0 Å². The predicted octanol–water partition coefficient (Wildman–Crippen LogP) is 2.21. The highest BCUT2D eigenvalue weighted by Crippen LogP contribution is 2.31. The van der Waals surface area contributed by atoms with Crippen LogP contribution >= 0.6 is 0 Å². The highest BCUT2D eigenvalue weighted by molar-refractivity contribution is 7.89. The van der Waals surface area contributed by atoms with Crippen LogP contribution in [0.4, 0.5) is 0 Å². The number of sulfonamides is 1. The number of rotatable bonds is 10. The second kappa shape index (κ2) is 7.60. The molecule has 0 atom stereocenters. The van der Waals surface area contributed by atoms with E-state index in [9.17, 15) is 8.42 Å². The summed E-state index contributed by atoms with van der Waals surface area (Å²) < 4.78 is 26.4. The number of nitrogens with one attached hydrogen (secondary N) is 1. The maximum Gasteiger partial charge on any atom is 0.214 e. The van der Waals surface area contributed by atoms with Gasteiger partial charge in [-0.1, -0.05) is 13.8 Å². The van der Waals surface area contributed by atoms with Gasteiger partial charge in [-0.3, -0.25) is 0 Å². The Labute approximate surface area is 119 Å². The van der Waals surface area contributed by atoms with Crippen molar-refractivity contribution >= 4 is 10.0 Å². The van der Waals surface area contributed by atoms with Crippen molar-refractivity contribution in [1.29, 1.82) is 0 Å². The molecule has 19 heavy (non-hydrogen) atoms. The Kier molecular flexibility index (Phi) is 6.77. The lowest BCUT2D eigenvalue weighted by Crippen LogP contribution is -2.40. The number of hydrogen-bond acceptors (Lipinski definition) is 3. The predicted molar refractivity (Wildman–Crippen MR) is 80.7 cm³/mol. The molecule has 1 fully saturated rings. The van der Waals surface area contributed by atoms with Gasteiger partial charge < -0.3 is 5.32 Å². The normalized spacial score (nSPS) is 16.8. The summed E-state index contributed by atoms with van der Waals surface area (Å²) in [7, 11) is -3.07. The van der Waals surface area contributed by atoms with Crippen molar-refractivity contribution in [2.75, 3.05) is 18.8 Å². The average Bonchev–Trinajstić information content (AvgIpc) is 3.07. The molecule has 0 spiro atoms.